The van der Waals surface area contributed by atoms with Crippen molar-refractivity contribution in [3.05, 3.63) is 47.9 Å². The molecule has 1 aromatic heterocycles. The molecule has 4 nitrogen and oxygen atoms in total. The standard InChI is InChI=1S/C18H23NO3/c1-13(2)15(16-4-3-9-20-16)7-8-19-11-14-5-6-17-18(10-14)22-12-21-17/h3-6,9-10,13,15,19H,7-8,11-12H2,1-2H3/p+1/t15-/m1/s1. The summed E-state index contributed by atoms with van der Waals surface area (Å²) >= 11 is 0. The summed E-state index contributed by atoms with van der Waals surface area (Å²) in [7, 11) is 0. The van der Waals surface area contributed by atoms with Crippen LogP contribution in [-0.4, -0.2) is 13.3 Å². The number of rotatable bonds is 7. The van der Waals surface area contributed by atoms with E-state index in [0.29, 0.717) is 18.6 Å². The Hall–Kier alpha value is -1.94. The molecule has 0 radical (unpaired) electrons. The normalized spacial score (nSPS) is 14.5. The highest BCUT2D eigenvalue weighted by Gasteiger charge is 2.19. The zero-order valence-electron chi connectivity index (χ0n) is 13.2. The van der Waals surface area contributed by atoms with Crippen LogP contribution in [0.15, 0.2) is 41.0 Å². The summed E-state index contributed by atoms with van der Waals surface area (Å²) in [5, 5.41) is 2.34. The van der Waals surface area contributed by atoms with Crippen molar-refractivity contribution in [1.29, 1.82) is 0 Å². The lowest BCUT2D eigenvalue weighted by atomic mass is 9.90. The molecule has 1 atom stereocenters. The van der Waals surface area contributed by atoms with Crippen molar-refractivity contribution < 1.29 is 19.2 Å². The number of quaternary nitrogens is 1. The third-order valence-electron chi connectivity index (χ3n) is 4.21. The molecule has 0 unspecified atom stereocenters. The molecule has 0 saturated heterocycles. The fourth-order valence-corrected chi connectivity index (χ4v) is 2.94. The van der Waals surface area contributed by atoms with E-state index in [1.165, 1.54) is 5.56 Å². The maximum Gasteiger partial charge on any atom is 0.231 e. The average molecular weight is 302 g/mol. The van der Waals surface area contributed by atoms with Gasteiger partial charge in [0.1, 0.15) is 12.3 Å². The third-order valence-corrected chi connectivity index (χ3v) is 4.21. The molecule has 3 rings (SSSR count). The molecule has 2 aromatic rings. The van der Waals surface area contributed by atoms with Crippen LogP contribution in [0, 0.1) is 5.92 Å². The Morgan fingerprint density at radius 3 is 2.77 bits per heavy atom. The third kappa shape index (κ3) is 3.45. The lowest BCUT2D eigenvalue weighted by Crippen LogP contribution is -2.82. The lowest BCUT2D eigenvalue weighted by Gasteiger charge is -2.17. The Morgan fingerprint density at radius 1 is 1.14 bits per heavy atom. The van der Waals surface area contributed by atoms with Gasteiger partial charge in [0, 0.05) is 17.9 Å². The molecule has 0 spiro atoms. The fourth-order valence-electron chi connectivity index (χ4n) is 2.94. The molecule has 2 heterocycles. The Labute approximate surface area is 131 Å². The van der Waals surface area contributed by atoms with Crippen LogP contribution in [0.25, 0.3) is 0 Å². The zero-order valence-corrected chi connectivity index (χ0v) is 13.2. The zero-order chi connectivity index (χ0) is 15.4. The van der Waals surface area contributed by atoms with Crippen LogP contribution < -0.4 is 14.8 Å². The molecule has 2 N–H and O–H groups in total. The number of nitrogens with two attached hydrogens (primary N) is 1. The van der Waals surface area contributed by atoms with Gasteiger partial charge in [-0.15, -0.1) is 0 Å². The van der Waals surface area contributed by atoms with Crippen LogP contribution in [0.3, 0.4) is 0 Å². The summed E-state index contributed by atoms with van der Waals surface area (Å²) in [4.78, 5) is 0. The van der Waals surface area contributed by atoms with Gasteiger partial charge in [-0.05, 0) is 36.2 Å². The van der Waals surface area contributed by atoms with Crippen LogP contribution in [0.5, 0.6) is 11.5 Å². The van der Waals surface area contributed by atoms with Crippen LogP contribution >= 0.6 is 0 Å². The van der Waals surface area contributed by atoms with Gasteiger partial charge < -0.3 is 19.2 Å². The maximum absolute atomic E-state index is 5.58. The lowest BCUT2D eigenvalue weighted by molar-refractivity contribution is -0.671. The van der Waals surface area contributed by atoms with E-state index >= 15 is 0 Å². The maximum atomic E-state index is 5.58. The summed E-state index contributed by atoms with van der Waals surface area (Å²) in [5.41, 5.74) is 1.27. The number of furan rings is 1. The molecule has 1 aliphatic heterocycles. The molecule has 0 bridgehead atoms. The first-order valence-electron chi connectivity index (χ1n) is 7.97. The number of fused-ring (bicyclic) bond motifs is 1. The molecule has 22 heavy (non-hydrogen) atoms. The van der Waals surface area contributed by atoms with E-state index in [-0.39, 0.29) is 0 Å². The van der Waals surface area contributed by atoms with E-state index in [1.54, 1.807) is 6.26 Å². The van der Waals surface area contributed by atoms with Gasteiger partial charge in [0.25, 0.3) is 0 Å². The van der Waals surface area contributed by atoms with E-state index in [0.717, 1.165) is 36.8 Å². The largest absolute Gasteiger partial charge is 0.469 e. The second-order valence-electron chi connectivity index (χ2n) is 6.12. The summed E-state index contributed by atoms with van der Waals surface area (Å²) in [6.07, 6.45) is 2.89. The first kappa shape index (κ1) is 15.0. The number of benzene rings is 1. The van der Waals surface area contributed by atoms with Gasteiger partial charge in [0.05, 0.1) is 12.8 Å². The van der Waals surface area contributed by atoms with Crippen molar-refractivity contribution in [3.8, 4) is 11.5 Å². The monoisotopic (exact) mass is 302 g/mol. The van der Waals surface area contributed by atoms with E-state index < -0.39 is 0 Å². The van der Waals surface area contributed by atoms with Crippen molar-refractivity contribution in [2.45, 2.75) is 32.7 Å². The highest BCUT2D eigenvalue weighted by Crippen LogP contribution is 2.32. The van der Waals surface area contributed by atoms with Gasteiger partial charge in [-0.2, -0.15) is 0 Å². The molecular weight excluding hydrogens is 278 g/mol. The minimum atomic E-state index is 0.335. The topological polar surface area (TPSA) is 48.2 Å². The van der Waals surface area contributed by atoms with Crippen molar-refractivity contribution in [3.63, 3.8) is 0 Å². The summed E-state index contributed by atoms with van der Waals surface area (Å²) < 4.78 is 16.3. The Balaban J connectivity index is 1.48. The molecule has 0 aliphatic carbocycles. The fraction of sp³-hybridized carbons (Fsp3) is 0.444. The predicted octanol–water partition coefficient (Wildman–Crippen LogP) is 2.90. The second kappa shape index (κ2) is 6.88. The van der Waals surface area contributed by atoms with Gasteiger partial charge in [-0.3, -0.25) is 0 Å². The Kier molecular flexibility index (Phi) is 4.68. The molecule has 118 valence electrons. The Morgan fingerprint density at radius 2 is 2.00 bits per heavy atom. The minimum absolute atomic E-state index is 0.335. The highest BCUT2D eigenvalue weighted by atomic mass is 16.7. The number of hydrogen-bond donors (Lipinski definition) is 1. The van der Waals surface area contributed by atoms with Crippen LogP contribution in [0.1, 0.15) is 37.5 Å². The number of ether oxygens (including phenoxy) is 2. The van der Waals surface area contributed by atoms with Gasteiger partial charge in [0.15, 0.2) is 11.5 Å². The van der Waals surface area contributed by atoms with E-state index in [9.17, 15) is 0 Å². The molecule has 4 heteroatoms. The quantitative estimate of drug-likeness (QED) is 0.800. The Bertz CT molecular complexity index is 592. The van der Waals surface area contributed by atoms with Crippen LogP contribution in [0.2, 0.25) is 0 Å². The van der Waals surface area contributed by atoms with E-state index in [4.69, 9.17) is 13.9 Å². The van der Waals surface area contributed by atoms with E-state index in [1.807, 2.05) is 12.1 Å². The summed E-state index contributed by atoms with van der Waals surface area (Å²) in [6.45, 7) is 6.88. The highest BCUT2D eigenvalue weighted by molar-refractivity contribution is 5.44. The van der Waals surface area contributed by atoms with Crippen molar-refractivity contribution in [2.75, 3.05) is 13.3 Å². The van der Waals surface area contributed by atoms with Gasteiger partial charge in [-0.25, -0.2) is 0 Å². The van der Waals surface area contributed by atoms with Crippen molar-refractivity contribution in [2.24, 2.45) is 5.92 Å². The van der Waals surface area contributed by atoms with Crippen molar-refractivity contribution >= 4 is 0 Å². The average Bonchev–Trinajstić information content (AvgIpc) is 3.17. The van der Waals surface area contributed by atoms with Crippen LogP contribution in [-0.2, 0) is 6.54 Å². The first-order valence-corrected chi connectivity index (χ1v) is 7.97. The molecule has 1 aromatic carbocycles. The molecule has 0 fully saturated rings. The van der Waals surface area contributed by atoms with Gasteiger partial charge >= 0.3 is 0 Å². The minimum Gasteiger partial charge on any atom is -0.469 e. The summed E-state index contributed by atoms with van der Waals surface area (Å²) in [6, 6.07) is 10.2. The van der Waals surface area contributed by atoms with Gasteiger partial charge in [0.2, 0.25) is 6.79 Å². The first-order chi connectivity index (χ1) is 10.7. The number of hydrogen-bond acceptors (Lipinski definition) is 3. The molecular formula is C18H24NO3+. The van der Waals surface area contributed by atoms with Gasteiger partial charge in [-0.1, -0.05) is 13.8 Å². The van der Waals surface area contributed by atoms with Crippen LogP contribution in [0.4, 0.5) is 0 Å². The summed E-state index contributed by atoms with van der Waals surface area (Å²) in [5.74, 6) is 3.89. The smallest absolute Gasteiger partial charge is 0.231 e. The molecule has 0 amide bonds. The molecule has 1 aliphatic rings. The SMILES string of the molecule is CC(C)[C@@H](CC[NH2+]Cc1ccc2c(c1)OCO2)c1ccco1. The van der Waals surface area contributed by atoms with E-state index in [2.05, 4.69) is 37.4 Å². The van der Waals surface area contributed by atoms with Crippen molar-refractivity contribution in [1.82, 2.24) is 0 Å². The predicted molar refractivity (Wildman–Crippen MR) is 84.0 cm³/mol. The second-order valence-corrected chi connectivity index (χ2v) is 6.12. The molecule has 0 saturated carbocycles.